The van der Waals surface area contributed by atoms with Gasteiger partial charge in [-0.2, -0.15) is 0 Å². The van der Waals surface area contributed by atoms with Gasteiger partial charge in [0, 0.05) is 0 Å². The predicted molar refractivity (Wildman–Crippen MR) is 272 cm³/mol. The van der Waals surface area contributed by atoms with Gasteiger partial charge in [0.15, 0.2) is 0 Å². The molecule has 0 spiro atoms. The Hall–Kier alpha value is -6.42. The monoisotopic (exact) mass is 971 g/mol. The standard InChI is InChI=1S/C57H36IN2S3/c59-50(35-11-2-1-3-12-35)34-51(40-14-10-13-36(27-40)37-21-24-55-47(31-37)44-15-4-7-18-52(44)61-55)60-58-43-29-41(38-22-25-56-48(32-38)45-16-5-8-19-53(45)62-56)28-42(30-43)39-23-26-57-49(33-39)46-17-6-9-20-54(46)63-57/h1-34H,59H2/q-1/b50-34-,60-51?. The fourth-order valence-electron chi connectivity index (χ4n) is 8.66. The molecule has 9 aromatic carbocycles. The van der Waals surface area contributed by atoms with Crippen LogP contribution in [0.5, 0.6) is 0 Å². The molecule has 0 saturated heterocycles. The third kappa shape index (κ3) is 7.23. The summed E-state index contributed by atoms with van der Waals surface area (Å²) in [6.45, 7) is 0. The van der Waals surface area contributed by atoms with Crippen LogP contribution in [0.1, 0.15) is 11.1 Å². The first-order valence-electron chi connectivity index (χ1n) is 20.8. The van der Waals surface area contributed by atoms with Crippen LogP contribution in [0.2, 0.25) is 0 Å². The van der Waals surface area contributed by atoms with E-state index >= 15 is 0 Å². The second kappa shape index (κ2) is 16.0. The van der Waals surface area contributed by atoms with E-state index in [1.54, 1.807) is 0 Å². The molecule has 0 atom stereocenters. The fraction of sp³-hybridized carbons (Fsp3) is 0. The molecule has 2 nitrogen and oxygen atoms in total. The van der Waals surface area contributed by atoms with Crippen molar-refractivity contribution in [1.82, 2.24) is 0 Å². The zero-order valence-electron chi connectivity index (χ0n) is 33.8. The normalized spacial score (nSPS) is 12.5. The minimum absolute atomic E-state index is 0.692. The molecular weight excluding hydrogens is 936 g/mol. The van der Waals surface area contributed by atoms with Gasteiger partial charge in [-0.1, -0.05) is 0 Å². The average molecular weight is 972 g/mol. The molecule has 0 bridgehead atoms. The Bertz CT molecular complexity index is 3660. The summed E-state index contributed by atoms with van der Waals surface area (Å²) in [5.74, 6) is 0. The van der Waals surface area contributed by atoms with Gasteiger partial charge >= 0.3 is 391 Å². The van der Waals surface area contributed by atoms with Gasteiger partial charge < -0.3 is 0 Å². The summed E-state index contributed by atoms with van der Waals surface area (Å²) in [5.41, 5.74) is 17.7. The van der Waals surface area contributed by atoms with E-state index in [1.807, 2.05) is 52.2 Å². The zero-order valence-corrected chi connectivity index (χ0v) is 38.4. The van der Waals surface area contributed by atoms with Crippen molar-refractivity contribution in [2.75, 3.05) is 0 Å². The number of thiophene rings is 3. The van der Waals surface area contributed by atoms with Gasteiger partial charge in [-0.3, -0.25) is 0 Å². The van der Waals surface area contributed by atoms with Crippen molar-refractivity contribution in [2.24, 2.45) is 8.94 Å². The number of benzene rings is 9. The molecule has 0 unspecified atom stereocenters. The molecule has 0 amide bonds. The third-order valence-electron chi connectivity index (χ3n) is 11.8. The van der Waals surface area contributed by atoms with E-state index in [0.717, 1.165) is 22.4 Å². The van der Waals surface area contributed by atoms with Crippen molar-refractivity contribution in [3.05, 3.63) is 221 Å². The summed E-state index contributed by atoms with van der Waals surface area (Å²) in [6.07, 6.45) is 2.07. The minimum atomic E-state index is -0.878. The van der Waals surface area contributed by atoms with Gasteiger partial charge in [0.1, 0.15) is 0 Å². The van der Waals surface area contributed by atoms with Crippen molar-refractivity contribution in [1.29, 1.82) is 0 Å². The fourth-order valence-corrected chi connectivity index (χ4v) is 13.8. The molecule has 0 aliphatic heterocycles. The number of hydrogen-bond donors (Lipinski definition) is 1. The number of halogens is 1. The maximum atomic E-state index is 6.90. The van der Waals surface area contributed by atoms with Crippen LogP contribution in [-0.2, 0) is 0 Å². The van der Waals surface area contributed by atoms with Crippen LogP contribution in [0.3, 0.4) is 0 Å². The molecule has 12 rings (SSSR count). The summed E-state index contributed by atoms with van der Waals surface area (Å²) in [4.78, 5) is 0. The summed E-state index contributed by atoms with van der Waals surface area (Å²) in [7, 11) is 0. The quantitative estimate of drug-likeness (QED) is 0.120. The molecule has 0 fully saturated rings. The van der Waals surface area contributed by atoms with E-state index in [1.165, 1.54) is 91.9 Å². The van der Waals surface area contributed by atoms with Crippen molar-refractivity contribution >= 4 is 106 Å². The summed E-state index contributed by atoms with van der Waals surface area (Å²) < 4.78 is 14.7. The molecule has 6 heteroatoms. The van der Waals surface area contributed by atoms with Crippen LogP contribution in [0.25, 0.3) is 99.6 Å². The van der Waals surface area contributed by atoms with E-state index in [0.29, 0.717) is 5.70 Å². The number of hydrogen-bond acceptors (Lipinski definition) is 5. The Morgan fingerprint density at radius 1 is 0.365 bits per heavy atom. The third-order valence-corrected chi connectivity index (χ3v) is 17.2. The summed E-state index contributed by atoms with van der Waals surface area (Å²) in [6, 6.07) is 73.0. The average Bonchev–Trinajstić information content (AvgIpc) is 4.03. The van der Waals surface area contributed by atoms with Crippen molar-refractivity contribution in [2.45, 2.75) is 0 Å². The molecule has 2 N–H and O–H groups in total. The van der Waals surface area contributed by atoms with E-state index in [9.17, 15) is 0 Å². The topological polar surface area (TPSA) is 38.4 Å². The molecule has 3 aromatic heterocycles. The summed E-state index contributed by atoms with van der Waals surface area (Å²) in [5, 5.41) is 7.80. The first kappa shape index (κ1) is 38.3. The molecule has 0 aliphatic carbocycles. The second-order valence-electron chi connectivity index (χ2n) is 15.8. The van der Waals surface area contributed by atoms with Crippen LogP contribution in [0.15, 0.2) is 209 Å². The molecule has 300 valence electrons. The van der Waals surface area contributed by atoms with E-state index in [4.69, 9.17) is 8.94 Å². The van der Waals surface area contributed by atoms with Crippen LogP contribution >= 0.6 is 34.0 Å². The van der Waals surface area contributed by atoms with Crippen LogP contribution in [0, 0.1) is 3.57 Å². The van der Waals surface area contributed by atoms with E-state index in [2.05, 4.69) is 188 Å². The van der Waals surface area contributed by atoms with Crippen molar-refractivity contribution < 1.29 is 21.5 Å². The van der Waals surface area contributed by atoms with Gasteiger partial charge in [-0.25, -0.2) is 0 Å². The van der Waals surface area contributed by atoms with E-state index in [-0.39, 0.29) is 0 Å². The number of allylic oxidation sites excluding steroid dienone is 1. The molecule has 0 radical (unpaired) electrons. The predicted octanol–water partition coefficient (Wildman–Crippen LogP) is 13.5. The molecule has 0 saturated carbocycles. The van der Waals surface area contributed by atoms with Crippen molar-refractivity contribution in [3.8, 4) is 33.4 Å². The second-order valence-corrected chi connectivity index (χ2v) is 21.2. The molecule has 3 heterocycles. The Labute approximate surface area is 387 Å². The Morgan fingerprint density at radius 2 is 0.794 bits per heavy atom. The number of fused-ring (bicyclic) bond motifs is 9. The number of nitrogens with two attached hydrogens (primary N) is 1. The Kier molecular flexibility index (Phi) is 9.75. The van der Waals surface area contributed by atoms with Gasteiger partial charge in [-0.05, 0) is 0 Å². The molecule has 63 heavy (non-hydrogen) atoms. The van der Waals surface area contributed by atoms with Crippen LogP contribution in [0.4, 0.5) is 0 Å². The Morgan fingerprint density at radius 3 is 1.32 bits per heavy atom. The van der Waals surface area contributed by atoms with Gasteiger partial charge in [-0.15, -0.1) is 0 Å². The van der Waals surface area contributed by atoms with Crippen molar-refractivity contribution in [3.63, 3.8) is 0 Å². The van der Waals surface area contributed by atoms with Crippen LogP contribution < -0.4 is 27.2 Å². The van der Waals surface area contributed by atoms with Gasteiger partial charge in [0.2, 0.25) is 0 Å². The first-order chi connectivity index (χ1) is 31.1. The molecule has 0 aliphatic rings. The number of nitrogens with zero attached hydrogens (tertiary/aromatic N) is 1. The maximum absolute atomic E-state index is 6.90. The van der Waals surface area contributed by atoms with Gasteiger partial charge in [0.05, 0.1) is 0 Å². The summed E-state index contributed by atoms with van der Waals surface area (Å²) >= 11 is 4.69. The first-order valence-corrected chi connectivity index (χ1v) is 25.3. The van der Waals surface area contributed by atoms with Crippen LogP contribution in [-0.4, -0.2) is 5.71 Å². The Balaban J connectivity index is 0.992. The molecular formula is C57H36IN2S3-. The molecule has 12 aromatic rings. The number of rotatable bonds is 8. The van der Waals surface area contributed by atoms with E-state index < -0.39 is 21.5 Å². The van der Waals surface area contributed by atoms with Gasteiger partial charge in [0.25, 0.3) is 0 Å². The zero-order chi connectivity index (χ0) is 41.9. The SMILES string of the molecule is N/C(=C\C(=N[I-]c1cc(-c2ccc3sc4ccccc4c3c2)cc(-c2ccc3sc4ccccc4c3c2)c1)c1cccc(-c2ccc3sc4ccccc4c3c2)c1)c1ccccc1.